The van der Waals surface area contributed by atoms with Gasteiger partial charge in [0.1, 0.15) is 5.75 Å². The number of carbonyl (C=O) groups excluding carboxylic acids is 1. The predicted octanol–water partition coefficient (Wildman–Crippen LogP) is 4.34. The second-order valence-electron chi connectivity index (χ2n) is 5.45. The third-order valence-corrected chi connectivity index (χ3v) is 3.99. The highest BCUT2D eigenvalue weighted by molar-refractivity contribution is 5.80. The molecule has 0 aromatic heterocycles. The molecule has 0 amide bonds. The molecule has 0 spiro atoms. The van der Waals surface area contributed by atoms with Crippen molar-refractivity contribution >= 4 is 6.29 Å². The molecule has 18 heavy (non-hydrogen) atoms. The molecule has 1 aromatic rings. The molecule has 1 aliphatic carbocycles. The van der Waals surface area contributed by atoms with E-state index in [1.54, 1.807) is 6.07 Å². The van der Waals surface area contributed by atoms with Crippen LogP contribution in [0.15, 0.2) is 12.1 Å². The summed E-state index contributed by atoms with van der Waals surface area (Å²) in [6.45, 7) is 1.98. The minimum absolute atomic E-state index is 0.209. The highest BCUT2D eigenvalue weighted by atomic mass is 16.3. The number of hydrogen-bond donors (Lipinski definition) is 1. The van der Waals surface area contributed by atoms with Crippen molar-refractivity contribution in [2.45, 2.75) is 57.8 Å². The fraction of sp³-hybridized carbons (Fsp3) is 0.562. The van der Waals surface area contributed by atoms with E-state index < -0.39 is 0 Å². The average Bonchev–Trinajstić information content (AvgIpc) is 2.32. The maximum atomic E-state index is 11.0. The van der Waals surface area contributed by atoms with Crippen molar-refractivity contribution in [1.29, 1.82) is 0 Å². The molecule has 0 aliphatic heterocycles. The second-order valence-corrected chi connectivity index (χ2v) is 5.45. The number of aromatic hydroxyl groups is 1. The summed E-state index contributed by atoms with van der Waals surface area (Å²) in [5.41, 5.74) is 2.48. The van der Waals surface area contributed by atoms with E-state index in [0.717, 1.165) is 30.3 Å². The fourth-order valence-corrected chi connectivity index (χ4v) is 3.00. The van der Waals surface area contributed by atoms with Crippen molar-refractivity contribution in [2.75, 3.05) is 0 Å². The molecule has 0 bridgehead atoms. The number of hydrogen-bond acceptors (Lipinski definition) is 2. The summed E-state index contributed by atoms with van der Waals surface area (Å²) in [4.78, 5) is 11.0. The zero-order valence-electron chi connectivity index (χ0n) is 11.1. The number of aryl methyl sites for hydroxylation is 1. The first kappa shape index (κ1) is 13.1. The summed E-state index contributed by atoms with van der Waals surface area (Å²) < 4.78 is 0. The number of phenols is 1. The van der Waals surface area contributed by atoms with Crippen molar-refractivity contribution in [2.24, 2.45) is 0 Å². The van der Waals surface area contributed by atoms with Crippen LogP contribution in [0.3, 0.4) is 0 Å². The lowest BCUT2D eigenvalue weighted by Gasteiger charge is -2.22. The zero-order chi connectivity index (χ0) is 13.0. The quantitative estimate of drug-likeness (QED) is 0.788. The summed E-state index contributed by atoms with van der Waals surface area (Å²) in [6, 6.07) is 3.81. The molecule has 0 unspecified atom stereocenters. The van der Waals surface area contributed by atoms with Gasteiger partial charge in [0.2, 0.25) is 0 Å². The Morgan fingerprint density at radius 2 is 1.72 bits per heavy atom. The lowest BCUT2D eigenvalue weighted by atomic mass is 9.84. The molecule has 1 N–H and O–H groups in total. The highest BCUT2D eigenvalue weighted by Crippen LogP contribution is 2.37. The number of benzene rings is 1. The summed E-state index contributed by atoms with van der Waals surface area (Å²) in [7, 11) is 0. The molecule has 0 heterocycles. The normalized spacial score (nSPS) is 18.1. The van der Waals surface area contributed by atoms with Crippen molar-refractivity contribution in [3.8, 4) is 5.75 Å². The molecule has 98 valence electrons. The Labute approximate surface area is 109 Å². The largest absolute Gasteiger partial charge is 0.507 e. The Balaban J connectivity index is 2.29. The van der Waals surface area contributed by atoms with Gasteiger partial charge in [0.15, 0.2) is 6.29 Å². The topological polar surface area (TPSA) is 37.3 Å². The van der Waals surface area contributed by atoms with Gasteiger partial charge in [-0.15, -0.1) is 0 Å². The van der Waals surface area contributed by atoms with Crippen LogP contribution in [0.4, 0.5) is 0 Å². The van der Waals surface area contributed by atoms with Gasteiger partial charge in [-0.05, 0) is 42.9 Å². The van der Waals surface area contributed by atoms with E-state index >= 15 is 0 Å². The van der Waals surface area contributed by atoms with Gasteiger partial charge in [0, 0.05) is 0 Å². The van der Waals surface area contributed by atoms with Crippen molar-refractivity contribution in [1.82, 2.24) is 0 Å². The van der Waals surface area contributed by atoms with Gasteiger partial charge in [-0.3, -0.25) is 4.79 Å². The van der Waals surface area contributed by atoms with Gasteiger partial charge in [0.25, 0.3) is 0 Å². The number of aldehydes is 1. The van der Waals surface area contributed by atoms with Crippen LogP contribution in [0.2, 0.25) is 0 Å². The molecule has 2 rings (SSSR count). The predicted molar refractivity (Wildman–Crippen MR) is 73.3 cm³/mol. The first-order valence-corrected chi connectivity index (χ1v) is 7.01. The maximum absolute atomic E-state index is 11.0. The van der Waals surface area contributed by atoms with Crippen LogP contribution in [-0.2, 0) is 0 Å². The Kier molecular flexibility index (Phi) is 4.40. The first-order chi connectivity index (χ1) is 8.72. The molecule has 0 saturated heterocycles. The van der Waals surface area contributed by atoms with E-state index in [9.17, 15) is 9.90 Å². The second kappa shape index (κ2) is 6.03. The Morgan fingerprint density at radius 1 is 1.11 bits per heavy atom. The molecule has 0 atom stereocenters. The smallest absolute Gasteiger partial charge is 0.153 e. The van der Waals surface area contributed by atoms with Crippen molar-refractivity contribution in [3.63, 3.8) is 0 Å². The Hall–Kier alpha value is -1.31. The van der Waals surface area contributed by atoms with E-state index in [0.29, 0.717) is 11.5 Å². The van der Waals surface area contributed by atoms with Gasteiger partial charge >= 0.3 is 0 Å². The van der Waals surface area contributed by atoms with Gasteiger partial charge in [-0.1, -0.05) is 38.2 Å². The van der Waals surface area contributed by atoms with E-state index in [4.69, 9.17) is 0 Å². The molecule has 2 nitrogen and oxygen atoms in total. The minimum Gasteiger partial charge on any atom is -0.507 e. The van der Waals surface area contributed by atoms with Crippen LogP contribution < -0.4 is 0 Å². The van der Waals surface area contributed by atoms with E-state index in [2.05, 4.69) is 6.07 Å². The van der Waals surface area contributed by atoms with Crippen LogP contribution in [0.1, 0.15) is 72.3 Å². The fourth-order valence-electron chi connectivity index (χ4n) is 3.00. The van der Waals surface area contributed by atoms with Crippen LogP contribution in [-0.4, -0.2) is 11.4 Å². The number of phenolic OH excluding ortho intramolecular Hbond substituents is 1. The van der Waals surface area contributed by atoms with Crippen LogP contribution >= 0.6 is 0 Å². The number of rotatable bonds is 2. The van der Waals surface area contributed by atoms with Crippen molar-refractivity contribution < 1.29 is 9.90 Å². The third-order valence-electron chi connectivity index (χ3n) is 3.99. The summed E-state index contributed by atoms with van der Waals surface area (Å²) in [5.74, 6) is 0.630. The SMILES string of the molecule is Cc1cc(C=O)c(O)c(C2CCCCCCC2)c1. The van der Waals surface area contributed by atoms with Crippen LogP contribution in [0.25, 0.3) is 0 Å². The Morgan fingerprint density at radius 3 is 2.33 bits per heavy atom. The summed E-state index contributed by atoms with van der Waals surface area (Å²) >= 11 is 0. The van der Waals surface area contributed by atoms with Crippen LogP contribution in [0.5, 0.6) is 5.75 Å². The average molecular weight is 246 g/mol. The molecule has 2 heteroatoms. The monoisotopic (exact) mass is 246 g/mol. The van der Waals surface area contributed by atoms with Gasteiger partial charge in [-0.2, -0.15) is 0 Å². The van der Waals surface area contributed by atoms with E-state index in [1.807, 2.05) is 6.92 Å². The molecular weight excluding hydrogens is 224 g/mol. The molecule has 0 radical (unpaired) electrons. The molecular formula is C16H22O2. The van der Waals surface area contributed by atoms with Gasteiger partial charge in [0.05, 0.1) is 5.56 Å². The van der Waals surface area contributed by atoms with Gasteiger partial charge in [-0.25, -0.2) is 0 Å². The standard InChI is InChI=1S/C16H22O2/c1-12-9-14(11-17)16(18)15(10-12)13-7-5-3-2-4-6-8-13/h9-11,13,18H,2-8H2,1H3. The summed E-state index contributed by atoms with van der Waals surface area (Å²) in [6.07, 6.45) is 9.42. The lowest BCUT2D eigenvalue weighted by molar-refractivity contribution is 0.112. The molecule has 1 aromatic carbocycles. The highest BCUT2D eigenvalue weighted by Gasteiger charge is 2.19. The maximum Gasteiger partial charge on any atom is 0.153 e. The zero-order valence-corrected chi connectivity index (χ0v) is 11.1. The van der Waals surface area contributed by atoms with E-state index in [-0.39, 0.29) is 5.75 Å². The van der Waals surface area contributed by atoms with E-state index in [1.165, 1.54) is 32.1 Å². The molecule has 1 fully saturated rings. The lowest BCUT2D eigenvalue weighted by Crippen LogP contribution is -2.04. The Bertz CT molecular complexity index is 415. The molecule has 1 saturated carbocycles. The summed E-state index contributed by atoms with van der Waals surface area (Å²) in [5, 5.41) is 10.2. The molecule has 1 aliphatic rings. The van der Waals surface area contributed by atoms with Crippen LogP contribution in [0, 0.1) is 6.92 Å². The first-order valence-electron chi connectivity index (χ1n) is 7.01. The third kappa shape index (κ3) is 2.92. The minimum atomic E-state index is 0.209. The van der Waals surface area contributed by atoms with Crippen molar-refractivity contribution in [3.05, 3.63) is 28.8 Å². The van der Waals surface area contributed by atoms with Gasteiger partial charge < -0.3 is 5.11 Å². The number of carbonyl (C=O) groups is 1.